The summed E-state index contributed by atoms with van der Waals surface area (Å²) in [5.41, 5.74) is 1.16. The summed E-state index contributed by atoms with van der Waals surface area (Å²) in [6.45, 7) is -0.133. The maximum absolute atomic E-state index is 13.4. The quantitative estimate of drug-likeness (QED) is 0.390. The largest absolute Gasteiger partial charge is 0.457 e. The van der Waals surface area contributed by atoms with Crippen molar-refractivity contribution >= 4 is 21.6 Å². The van der Waals surface area contributed by atoms with Crippen molar-refractivity contribution in [3.63, 3.8) is 0 Å². The minimum absolute atomic E-state index is 0.0969. The summed E-state index contributed by atoms with van der Waals surface area (Å²) in [6.07, 6.45) is 3.29. The number of carbonyl (C=O) groups is 1. The van der Waals surface area contributed by atoms with Crippen LogP contribution in [0.25, 0.3) is 0 Å². The van der Waals surface area contributed by atoms with Gasteiger partial charge in [-0.15, -0.1) is 0 Å². The molecule has 0 aliphatic heterocycles. The zero-order chi connectivity index (χ0) is 23.8. The van der Waals surface area contributed by atoms with Crippen LogP contribution in [0.15, 0.2) is 114 Å². The number of para-hydroxylation sites is 1. The van der Waals surface area contributed by atoms with Crippen LogP contribution in [0.1, 0.15) is 5.56 Å². The molecule has 0 radical (unpaired) electrons. The lowest BCUT2D eigenvalue weighted by Crippen LogP contribution is -2.40. The van der Waals surface area contributed by atoms with Crippen LogP contribution in [0, 0.1) is 0 Å². The molecule has 0 saturated heterocycles. The number of nitrogens with zero attached hydrogens (tertiary/aromatic N) is 2. The van der Waals surface area contributed by atoms with E-state index >= 15 is 0 Å². The highest BCUT2D eigenvalue weighted by atomic mass is 32.2. The molecule has 7 nitrogen and oxygen atoms in total. The molecule has 0 saturated carbocycles. The molecular weight excluding hydrogens is 450 g/mol. The number of ether oxygens (including phenoxy) is 1. The molecule has 0 aliphatic rings. The van der Waals surface area contributed by atoms with E-state index in [9.17, 15) is 13.2 Å². The highest BCUT2D eigenvalue weighted by Crippen LogP contribution is 2.28. The number of carbonyl (C=O) groups excluding carboxylic acids is 1. The van der Waals surface area contributed by atoms with Crippen molar-refractivity contribution in [1.29, 1.82) is 0 Å². The average Bonchev–Trinajstić information content (AvgIpc) is 2.88. The van der Waals surface area contributed by atoms with Crippen molar-refractivity contribution in [2.24, 2.45) is 0 Å². The lowest BCUT2D eigenvalue weighted by Gasteiger charge is -2.24. The molecule has 4 rings (SSSR count). The number of anilines is 1. The first-order valence-corrected chi connectivity index (χ1v) is 12.0. The monoisotopic (exact) mass is 473 g/mol. The van der Waals surface area contributed by atoms with Crippen LogP contribution in [0.4, 0.5) is 5.69 Å². The fraction of sp³-hybridized carbons (Fsp3) is 0.0769. The molecule has 1 heterocycles. The van der Waals surface area contributed by atoms with Crippen molar-refractivity contribution < 1.29 is 17.9 Å². The minimum atomic E-state index is -3.98. The summed E-state index contributed by atoms with van der Waals surface area (Å²) in [4.78, 5) is 16.8. The van der Waals surface area contributed by atoms with Crippen molar-refractivity contribution in [2.75, 3.05) is 10.8 Å². The van der Waals surface area contributed by atoms with Gasteiger partial charge in [-0.2, -0.15) is 0 Å². The Bertz CT molecular complexity index is 1320. The van der Waals surface area contributed by atoms with Gasteiger partial charge < -0.3 is 10.1 Å². The van der Waals surface area contributed by atoms with Crippen LogP contribution in [-0.2, 0) is 21.4 Å². The van der Waals surface area contributed by atoms with E-state index < -0.39 is 15.9 Å². The summed E-state index contributed by atoms with van der Waals surface area (Å²) in [5, 5.41) is 2.76. The molecule has 0 fully saturated rings. The topological polar surface area (TPSA) is 88.6 Å². The van der Waals surface area contributed by atoms with Gasteiger partial charge in [0.2, 0.25) is 5.91 Å². The van der Waals surface area contributed by atoms with Crippen LogP contribution in [0.2, 0.25) is 0 Å². The van der Waals surface area contributed by atoms with E-state index in [1.807, 2.05) is 36.4 Å². The maximum atomic E-state index is 13.4. The van der Waals surface area contributed by atoms with E-state index in [0.29, 0.717) is 17.2 Å². The molecule has 0 bridgehead atoms. The first kappa shape index (κ1) is 23.0. The van der Waals surface area contributed by atoms with Gasteiger partial charge in [0.25, 0.3) is 10.0 Å². The molecule has 172 valence electrons. The van der Waals surface area contributed by atoms with Gasteiger partial charge in [0.15, 0.2) is 0 Å². The number of pyridine rings is 1. The average molecular weight is 474 g/mol. The Morgan fingerprint density at radius 2 is 1.47 bits per heavy atom. The van der Waals surface area contributed by atoms with E-state index in [2.05, 4.69) is 10.3 Å². The SMILES string of the molecule is O=C(CN(c1ccc(Oc2ccccc2)cc1)S(=O)(=O)c1ccccc1)NCc1cccnc1. The third kappa shape index (κ3) is 5.79. The highest BCUT2D eigenvalue weighted by Gasteiger charge is 2.27. The van der Waals surface area contributed by atoms with Crippen molar-refractivity contribution in [3.8, 4) is 11.5 Å². The van der Waals surface area contributed by atoms with Crippen molar-refractivity contribution in [1.82, 2.24) is 10.3 Å². The van der Waals surface area contributed by atoms with Gasteiger partial charge >= 0.3 is 0 Å². The van der Waals surface area contributed by atoms with Crippen molar-refractivity contribution in [2.45, 2.75) is 11.4 Å². The third-order valence-corrected chi connectivity index (χ3v) is 6.72. The summed E-state index contributed by atoms with van der Waals surface area (Å²) >= 11 is 0. The predicted molar refractivity (Wildman–Crippen MR) is 130 cm³/mol. The Hall–Kier alpha value is -4.17. The highest BCUT2D eigenvalue weighted by molar-refractivity contribution is 7.92. The Morgan fingerprint density at radius 1 is 0.824 bits per heavy atom. The van der Waals surface area contributed by atoms with Crippen molar-refractivity contribution in [3.05, 3.63) is 115 Å². The molecule has 8 heteroatoms. The molecule has 0 unspecified atom stereocenters. The Kier molecular flexibility index (Phi) is 7.19. The zero-order valence-corrected chi connectivity index (χ0v) is 19.1. The fourth-order valence-electron chi connectivity index (χ4n) is 3.23. The number of hydrogen-bond acceptors (Lipinski definition) is 5. The van der Waals surface area contributed by atoms with E-state index in [1.165, 1.54) is 12.1 Å². The molecule has 0 spiro atoms. The third-order valence-electron chi connectivity index (χ3n) is 4.93. The molecule has 4 aromatic rings. The van der Waals surface area contributed by atoms with Gasteiger partial charge in [0.05, 0.1) is 10.6 Å². The normalized spacial score (nSPS) is 10.9. The molecule has 0 aliphatic carbocycles. The fourth-order valence-corrected chi connectivity index (χ4v) is 4.67. The first-order chi connectivity index (χ1) is 16.5. The molecule has 34 heavy (non-hydrogen) atoms. The second-order valence-corrected chi connectivity index (χ2v) is 9.23. The number of nitrogens with one attached hydrogen (secondary N) is 1. The Balaban J connectivity index is 1.56. The van der Waals surface area contributed by atoms with Gasteiger partial charge in [-0.25, -0.2) is 8.42 Å². The molecule has 1 N–H and O–H groups in total. The van der Waals surface area contributed by atoms with Gasteiger partial charge in [-0.05, 0) is 60.2 Å². The summed E-state index contributed by atoms with van der Waals surface area (Å²) in [7, 11) is -3.98. The van der Waals surface area contributed by atoms with Crippen LogP contribution < -0.4 is 14.4 Å². The molecule has 3 aromatic carbocycles. The maximum Gasteiger partial charge on any atom is 0.264 e. The lowest BCUT2D eigenvalue weighted by atomic mass is 10.3. The molecule has 0 atom stereocenters. The molecular formula is C26H23N3O4S. The standard InChI is InChI=1S/C26H23N3O4S/c30-26(28-19-21-8-7-17-27-18-21)20-29(34(31,32)25-11-5-2-6-12-25)22-13-15-24(16-14-22)33-23-9-3-1-4-10-23/h1-18H,19-20H2,(H,28,30). The van der Waals surface area contributed by atoms with E-state index in [1.54, 1.807) is 60.9 Å². The number of aromatic nitrogens is 1. The van der Waals surface area contributed by atoms with Crippen LogP contribution in [-0.4, -0.2) is 25.9 Å². The van der Waals surface area contributed by atoms with Gasteiger partial charge in [-0.1, -0.05) is 42.5 Å². The number of sulfonamides is 1. The zero-order valence-electron chi connectivity index (χ0n) is 18.2. The number of hydrogen-bond donors (Lipinski definition) is 1. The first-order valence-electron chi connectivity index (χ1n) is 10.6. The molecule has 1 aromatic heterocycles. The van der Waals surface area contributed by atoms with Gasteiger partial charge in [0, 0.05) is 18.9 Å². The second kappa shape index (κ2) is 10.6. The van der Waals surface area contributed by atoms with E-state index in [0.717, 1.165) is 9.87 Å². The van der Waals surface area contributed by atoms with Gasteiger partial charge in [-0.3, -0.25) is 14.1 Å². The van der Waals surface area contributed by atoms with E-state index in [-0.39, 0.29) is 18.0 Å². The van der Waals surface area contributed by atoms with Crippen LogP contribution in [0.5, 0.6) is 11.5 Å². The molecule has 1 amide bonds. The van der Waals surface area contributed by atoms with E-state index in [4.69, 9.17) is 4.74 Å². The lowest BCUT2D eigenvalue weighted by molar-refractivity contribution is -0.119. The Morgan fingerprint density at radius 3 is 2.12 bits per heavy atom. The van der Waals surface area contributed by atoms with Crippen LogP contribution in [0.3, 0.4) is 0 Å². The number of rotatable bonds is 9. The second-order valence-electron chi connectivity index (χ2n) is 7.37. The summed E-state index contributed by atoms with van der Waals surface area (Å²) in [6, 6.07) is 27.5. The van der Waals surface area contributed by atoms with Gasteiger partial charge in [0.1, 0.15) is 18.0 Å². The summed E-state index contributed by atoms with van der Waals surface area (Å²) in [5.74, 6) is 0.778. The Labute approximate surface area is 198 Å². The number of benzene rings is 3. The summed E-state index contributed by atoms with van der Waals surface area (Å²) < 4.78 is 33.7. The number of amides is 1. The predicted octanol–water partition coefficient (Wildman–Crippen LogP) is 4.39. The minimum Gasteiger partial charge on any atom is -0.457 e. The van der Waals surface area contributed by atoms with Crippen LogP contribution >= 0.6 is 0 Å². The smallest absolute Gasteiger partial charge is 0.264 e.